The largest absolute Gasteiger partial charge is 0.387 e. The molecule has 0 spiro atoms. The third-order valence-corrected chi connectivity index (χ3v) is 6.50. The zero-order valence-corrected chi connectivity index (χ0v) is 20.4. The van der Waals surface area contributed by atoms with E-state index < -0.39 is 0 Å². The average molecular weight is 459 g/mol. The molecule has 0 aliphatic heterocycles. The fourth-order valence-electron chi connectivity index (χ4n) is 4.78. The van der Waals surface area contributed by atoms with Crippen molar-refractivity contribution in [3.05, 3.63) is 133 Å². The average Bonchev–Trinajstić information content (AvgIpc) is 3.21. The van der Waals surface area contributed by atoms with Crippen LogP contribution in [0.1, 0.15) is 53.9 Å². The normalized spacial score (nSPS) is 16.1. The van der Waals surface area contributed by atoms with Crippen LogP contribution in [0.2, 0.25) is 0 Å². The molecule has 35 heavy (non-hydrogen) atoms. The standard InChI is InChI=1S/C33H34N2/c1-4-6-11-25(3)18-22-34-20-9-21-35-23-19-26(10-5-2)28-16-17-29-30-14-7-12-27-13-8-15-31(33(27)30)32(29)24-28/h4-5,7-10,12-14,16-17,19-20,22-24,31,35H,1-3,6,11,15,18,21H2/b20-9-,23-19+,26-10+,34-22-. The zero-order chi connectivity index (χ0) is 24.5. The highest BCUT2D eigenvalue weighted by molar-refractivity contribution is 5.86. The first-order valence-electron chi connectivity index (χ1n) is 12.3. The summed E-state index contributed by atoms with van der Waals surface area (Å²) in [6, 6.07) is 13.5. The number of benzene rings is 2. The lowest BCUT2D eigenvalue weighted by atomic mass is 9.85. The molecule has 0 saturated carbocycles. The van der Waals surface area contributed by atoms with Gasteiger partial charge in [0.2, 0.25) is 0 Å². The predicted octanol–water partition coefficient (Wildman–Crippen LogP) is 8.39. The number of allylic oxidation sites excluding steroid dienone is 7. The van der Waals surface area contributed by atoms with E-state index in [0.717, 1.165) is 31.3 Å². The molecule has 0 amide bonds. The van der Waals surface area contributed by atoms with Crippen molar-refractivity contribution >= 4 is 17.9 Å². The minimum Gasteiger partial charge on any atom is -0.387 e. The van der Waals surface area contributed by atoms with Crippen LogP contribution in [-0.4, -0.2) is 12.8 Å². The minimum atomic E-state index is 0.457. The van der Waals surface area contributed by atoms with Crippen molar-refractivity contribution in [2.45, 2.75) is 31.6 Å². The van der Waals surface area contributed by atoms with Gasteiger partial charge in [-0.2, -0.15) is 0 Å². The molecule has 1 N–H and O–H groups in total. The van der Waals surface area contributed by atoms with E-state index in [9.17, 15) is 0 Å². The molecule has 2 aliphatic carbocycles. The second-order valence-electron chi connectivity index (χ2n) is 8.90. The van der Waals surface area contributed by atoms with E-state index in [1.807, 2.05) is 36.8 Å². The summed E-state index contributed by atoms with van der Waals surface area (Å²) in [6.07, 6.45) is 24.1. The molecule has 0 bridgehead atoms. The van der Waals surface area contributed by atoms with E-state index in [1.165, 1.54) is 39.0 Å². The predicted molar refractivity (Wildman–Crippen MR) is 154 cm³/mol. The summed E-state index contributed by atoms with van der Waals surface area (Å²) in [4.78, 5) is 4.32. The highest BCUT2D eigenvalue weighted by atomic mass is 14.8. The van der Waals surface area contributed by atoms with Crippen LogP contribution in [0.4, 0.5) is 0 Å². The van der Waals surface area contributed by atoms with E-state index in [2.05, 4.69) is 90.7 Å². The minimum absolute atomic E-state index is 0.457. The van der Waals surface area contributed by atoms with Gasteiger partial charge in [-0.3, -0.25) is 4.99 Å². The molecular formula is C33H34N2. The molecule has 0 saturated heterocycles. The highest BCUT2D eigenvalue weighted by Gasteiger charge is 2.31. The third kappa shape index (κ3) is 5.78. The molecule has 176 valence electrons. The monoisotopic (exact) mass is 458 g/mol. The van der Waals surface area contributed by atoms with E-state index in [-0.39, 0.29) is 0 Å². The Morgan fingerprint density at radius 1 is 1.14 bits per heavy atom. The van der Waals surface area contributed by atoms with Crippen molar-refractivity contribution in [3.63, 3.8) is 0 Å². The lowest BCUT2D eigenvalue weighted by Crippen LogP contribution is -2.03. The molecule has 2 aromatic rings. The lowest BCUT2D eigenvalue weighted by Gasteiger charge is -2.18. The van der Waals surface area contributed by atoms with Crippen LogP contribution in [0.15, 0.2) is 116 Å². The number of fused-ring (bicyclic) bond motifs is 3. The second kappa shape index (κ2) is 12.0. The Bertz CT molecular complexity index is 1250. The van der Waals surface area contributed by atoms with Crippen LogP contribution >= 0.6 is 0 Å². The first-order valence-corrected chi connectivity index (χ1v) is 12.3. The molecule has 0 aromatic heterocycles. The highest BCUT2D eigenvalue weighted by Crippen LogP contribution is 2.50. The zero-order valence-electron chi connectivity index (χ0n) is 20.4. The van der Waals surface area contributed by atoms with Crippen LogP contribution in [0.3, 0.4) is 0 Å². The topological polar surface area (TPSA) is 24.4 Å². The lowest BCUT2D eigenvalue weighted by molar-refractivity contribution is 0.844. The molecule has 2 nitrogen and oxygen atoms in total. The van der Waals surface area contributed by atoms with Gasteiger partial charge in [0.25, 0.3) is 0 Å². The summed E-state index contributed by atoms with van der Waals surface area (Å²) < 4.78 is 0. The van der Waals surface area contributed by atoms with Gasteiger partial charge in [0.15, 0.2) is 0 Å². The van der Waals surface area contributed by atoms with Gasteiger partial charge in [-0.05, 0) is 82.6 Å². The Morgan fingerprint density at radius 3 is 2.91 bits per heavy atom. The number of aliphatic imine (C=N–C) groups is 1. The van der Waals surface area contributed by atoms with E-state index in [4.69, 9.17) is 0 Å². The molecule has 1 unspecified atom stereocenters. The summed E-state index contributed by atoms with van der Waals surface area (Å²) in [5.74, 6) is 0.457. The van der Waals surface area contributed by atoms with Crippen LogP contribution < -0.4 is 5.32 Å². The van der Waals surface area contributed by atoms with E-state index >= 15 is 0 Å². The number of hydrogen-bond donors (Lipinski definition) is 1. The van der Waals surface area contributed by atoms with E-state index in [0.29, 0.717) is 12.5 Å². The quantitative estimate of drug-likeness (QED) is 0.147. The Hall–Kier alpha value is -3.91. The first-order chi connectivity index (χ1) is 17.2. The molecular weight excluding hydrogens is 424 g/mol. The van der Waals surface area contributed by atoms with Gasteiger partial charge in [-0.15, -0.1) is 6.58 Å². The summed E-state index contributed by atoms with van der Waals surface area (Å²) in [5, 5.41) is 3.32. The maximum absolute atomic E-state index is 4.32. The van der Waals surface area contributed by atoms with E-state index in [1.54, 1.807) is 0 Å². The molecule has 0 fully saturated rings. The second-order valence-corrected chi connectivity index (χ2v) is 8.90. The maximum atomic E-state index is 4.32. The van der Waals surface area contributed by atoms with Gasteiger partial charge >= 0.3 is 0 Å². The van der Waals surface area contributed by atoms with Crippen molar-refractivity contribution in [3.8, 4) is 11.1 Å². The van der Waals surface area contributed by atoms with Crippen molar-refractivity contribution in [2.75, 3.05) is 6.54 Å². The molecule has 2 aliphatic rings. The fourth-order valence-corrected chi connectivity index (χ4v) is 4.78. The number of rotatable bonds is 12. The molecule has 4 rings (SSSR count). The van der Waals surface area contributed by atoms with Gasteiger partial charge in [0.1, 0.15) is 0 Å². The Labute approximate surface area is 210 Å². The molecule has 2 heteroatoms. The van der Waals surface area contributed by atoms with Crippen molar-refractivity contribution in [1.29, 1.82) is 0 Å². The molecule has 0 radical (unpaired) electrons. The number of hydrogen-bond acceptors (Lipinski definition) is 2. The van der Waals surface area contributed by atoms with Crippen molar-refractivity contribution < 1.29 is 0 Å². The van der Waals surface area contributed by atoms with Gasteiger partial charge < -0.3 is 5.32 Å². The molecule has 0 heterocycles. The smallest absolute Gasteiger partial charge is 0.0343 e. The Kier molecular flexibility index (Phi) is 8.30. The SMILES string of the molecule is C=C/C=C(\C=C\NC/C=C\N=C/CC(=C)CCC=C)c1ccc2c(c1)C1CC=Cc3cccc-2c31. The molecule has 1 atom stereocenters. The Balaban J connectivity index is 1.36. The van der Waals surface area contributed by atoms with Crippen LogP contribution in [0, 0.1) is 0 Å². The van der Waals surface area contributed by atoms with Crippen LogP contribution in [0.25, 0.3) is 22.8 Å². The summed E-state index contributed by atoms with van der Waals surface area (Å²) in [6.45, 7) is 12.4. The number of nitrogens with zero attached hydrogens (tertiary/aromatic N) is 1. The van der Waals surface area contributed by atoms with Gasteiger partial charge in [0.05, 0.1) is 0 Å². The number of nitrogens with one attached hydrogen (secondary N) is 1. The summed E-state index contributed by atoms with van der Waals surface area (Å²) >= 11 is 0. The van der Waals surface area contributed by atoms with Crippen molar-refractivity contribution in [2.24, 2.45) is 4.99 Å². The van der Waals surface area contributed by atoms with Gasteiger partial charge in [0, 0.05) is 31.3 Å². The summed E-state index contributed by atoms with van der Waals surface area (Å²) in [5.41, 5.74) is 10.6. The first kappa shape index (κ1) is 24.2. The third-order valence-electron chi connectivity index (χ3n) is 6.50. The summed E-state index contributed by atoms with van der Waals surface area (Å²) in [7, 11) is 0. The Morgan fingerprint density at radius 2 is 2.06 bits per heavy atom. The molecule has 2 aromatic carbocycles. The van der Waals surface area contributed by atoms with Gasteiger partial charge in [-0.25, -0.2) is 0 Å². The van der Waals surface area contributed by atoms with Crippen LogP contribution in [0.5, 0.6) is 0 Å². The maximum Gasteiger partial charge on any atom is 0.0343 e. The van der Waals surface area contributed by atoms with Crippen LogP contribution in [-0.2, 0) is 0 Å². The van der Waals surface area contributed by atoms with Crippen molar-refractivity contribution in [1.82, 2.24) is 5.32 Å². The van der Waals surface area contributed by atoms with Gasteiger partial charge in [-0.1, -0.05) is 79.4 Å². The fraction of sp³-hybridized carbons (Fsp3) is 0.182.